The van der Waals surface area contributed by atoms with Gasteiger partial charge in [-0.05, 0) is 50.1 Å². The quantitative estimate of drug-likeness (QED) is 0.722. The minimum atomic E-state index is -0.257. The summed E-state index contributed by atoms with van der Waals surface area (Å²) in [6.45, 7) is 6.63. The molecule has 0 saturated carbocycles. The molecule has 0 saturated heterocycles. The number of carbonyl (C=O) groups is 2. The number of hydrogen-bond acceptors (Lipinski definition) is 5. The molecule has 8 nitrogen and oxygen atoms in total. The van der Waals surface area contributed by atoms with Gasteiger partial charge in [-0.25, -0.2) is 9.67 Å². The third-order valence-electron chi connectivity index (χ3n) is 5.17. The molecule has 1 unspecified atom stereocenters. The molecule has 0 fully saturated rings. The number of nitrogens with zero attached hydrogens (tertiary/aromatic N) is 5. The van der Waals surface area contributed by atoms with Crippen LogP contribution in [0.25, 0.3) is 5.82 Å². The molecule has 0 aliphatic carbocycles. The number of aromatic nitrogens is 4. The third kappa shape index (κ3) is 3.26. The maximum absolute atomic E-state index is 13.0. The van der Waals surface area contributed by atoms with Gasteiger partial charge in [-0.2, -0.15) is 5.10 Å². The van der Waals surface area contributed by atoms with Crippen molar-refractivity contribution < 1.29 is 9.59 Å². The van der Waals surface area contributed by atoms with Crippen molar-refractivity contribution in [1.29, 1.82) is 0 Å². The van der Waals surface area contributed by atoms with Gasteiger partial charge in [0.05, 0.1) is 6.04 Å². The molecule has 4 rings (SSSR count). The van der Waals surface area contributed by atoms with Gasteiger partial charge in [0.1, 0.15) is 5.69 Å². The van der Waals surface area contributed by atoms with Crippen LogP contribution in [0.2, 0.25) is 0 Å². The van der Waals surface area contributed by atoms with Crippen molar-refractivity contribution >= 4 is 11.8 Å². The maximum Gasteiger partial charge on any atom is 0.270 e. The Balaban J connectivity index is 1.62. The number of pyridine rings is 2. The number of hydrogen-bond donors (Lipinski definition) is 1. The zero-order valence-corrected chi connectivity index (χ0v) is 16.6. The molecule has 3 aromatic heterocycles. The van der Waals surface area contributed by atoms with Crippen molar-refractivity contribution in [2.45, 2.75) is 33.4 Å². The molecule has 3 aromatic rings. The van der Waals surface area contributed by atoms with Gasteiger partial charge in [0.25, 0.3) is 11.8 Å². The van der Waals surface area contributed by atoms with E-state index in [4.69, 9.17) is 0 Å². The Labute approximate surface area is 168 Å². The molecule has 1 aliphatic heterocycles. The number of aryl methyl sites for hydroxylation is 1. The Morgan fingerprint density at radius 2 is 2.14 bits per heavy atom. The minimum absolute atomic E-state index is 0.103. The molecule has 0 spiro atoms. The summed E-state index contributed by atoms with van der Waals surface area (Å²) in [4.78, 5) is 35.8. The van der Waals surface area contributed by atoms with E-state index in [0.717, 1.165) is 16.9 Å². The van der Waals surface area contributed by atoms with E-state index in [-0.39, 0.29) is 17.9 Å². The lowest BCUT2D eigenvalue weighted by Gasteiger charge is -2.25. The fourth-order valence-corrected chi connectivity index (χ4v) is 3.63. The van der Waals surface area contributed by atoms with E-state index in [1.807, 2.05) is 39.1 Å². The van der Waals surface area contributed by atoms with Crippen LogP contribution in [-0.2, 0) is 6.54 Å². The highest BCUT2D eigenvalue weighted by Gasteiger charge is 2.35. The Morgan fingerprint density at radius 3 is 2.83 bits per heavy atom. The average Bonchev–Trinajstić information content (AvgIpc) is 3.36. The second-order valence-corrected chi connectivity index (χ2v) is 7.01. The summed E-state index contributed by atoms with van der Waals surface area (Å²) in [5, 5.41) is 6.98. The molecular weight excluding hydrogens is 368 g/mol. The molecule has 29 heavy (non-hydrogen) atoms. The highest BCUT2D eigenvalue weighted by Crippen LogP contribution is 2.32. The van der Waals surface area contributed by atoms with Gasteiger partial charge in [-0.3, -0.25) is 14.6 Å². The molecule has 0 radical (unpaired) electrons. The second kappa shape index (κ2) is 7.46. The molecule has 0 aromatic carbocycles. The topological polar surface area (TPSA) is 93.0 Å². The van der Waals surface area contributed by atoms with E-state index in [2.05, 4.69) is 20.4 Å². The highest BCUT2D eigenvalue weighted by atomic mass is 16.2. The summed E-state index contributed by atoms with van der Waals surface area (Å²) < 4.78 is 1.71. The van der Waals surface area contributed by atoms with Gasteiger partial charge >= 0.3 is 0 Å². The van der Waals surface area contributed by atoms with Crippen LogP contribution in [0.3, 0.4) is 0 Å². The number of nitrogens with one attached hydrogen (secondary N) is 1. The first-order chi connectivity index (χ1) is 14.0. The predicted octanol–water partition coefficient (Wildman–Crippen LogP) is 2.44. The maximum atomic E-state index is 13.0. The Morgan fingerprint density at radius 1 is 1.31 bits per heavy atom. The normalized spacial score (nSPS) is 14.0. The Hall–Kier alpha value is -3.55. The molecule has 4 heterocycles. The number of carbonyl (C=O) groups excluding carboxylic acids is 2. The lowest BCUT2D eigenvalue weighted by atomic mass is 10.1. The van der Waals surface area contributed by atoms with Crippen LogP contribution in [0.5, 0.6) is 0 Å². The smallest absolute Gasteiger partial charge is 0.270 e. The van der Waals surface area contributed by atoms with Crippen LogP contribution in [0, 0.1) is 6.92 Å². The number of fused-ring (bicyclic) bond motifs is 1. The first kappa shape index (κ1) is 18.8. The second-order valence-electron chi connectivity index (χ2n) is 7.01. The minimum Gasteiger partial charge on any atom is -0.351 e. The molecule has 1 N–H and O–H groups in total. The molecule has 8 heteroatoms. The van der Waals surface area contributed by atoms with Gasteiger partial charge in [0.15, 0.2) is 5.82 Å². The van der Waals surface area contributed by atoms with E-state index < -0.39 is 0 Å². The van der Waals surface area contributed by atoms with Crippen molar-refractivity contribution in [3.8, 4) is 5.82 Å². The Bertz CT molecular complexity index is 1080. The van der Waals surface area contributed by atoms with Crippen LogP contribution in [-0.4, -0.2) is 43.0 Å². The summed E-state index contributed by atoms with van der Waals surface area (Å²) in [6, 6.07) is 5.35. The standard InChI is InChI=1S/C21H22N6O2/c1-4-22-20(28)18-17-12-26(21(29)16(17)6-8-23-18)14(3)15-10-13(2)19(24-11-15)27-9-5-7-25-27/h5-11,14H,4,12H2,1-3H3,(H,22,28). The molecule has 148 valence electrons. The lowest BCUT2D eigenvalue weighted by molar-refractivity contribution is 0.0714. The number of amides is 2. The fourth-order valence-electron chi connectivity index (χ4n) is 3.63. The van der Waals surface area contributed by atoms with E-state index in [1.54, 1.807) is 28.0 Å². The van der Waals surface area contributed by atoms with Crippen LogP contribution in [0.15, 0.2) is 43.0 Å². The van der Waals surface area contributed by atoms with Crippen molar-refractivity contribution in [3.05, 3.63) is 70.9 Å². The zero-order valence-electron chi connectivity index (χ0n) is 16.6. The van der Waals surface area contributed by atoms with E-state index in [0.29, 0.717) is 29.9 Å². The summed E-state index contributed by atoms with van der Waals surface area (Å²) in [5.41, 5.74) is 3.41. The van der Waals surface area contributed by atoms with Gasteiger partial charge in [-0.15, -0.1) is 0 Å². The molecule has 2 amide bonds. The van der Waals surface area contributed by atoms with Crippen molar-refractivity contribution in [2.24, 2.45) is 0 Å². The lowest BCUT2D eigenvalue weighted by Crippen LogP contribution is -2.28. The van der Waals surface area contributed by atoms with Gasteiger partial charge in [0.2, 0.25) is 0 Å². The Kier molecular flexibility index (Phi) is 4.84. The van der Waals surface area contributed by atoms with Gasteiger partial charge < -0.3 is 10.2 Å². The summed E-state index contributed by atoms with van der Waals surface area (Å²) in [7, 11) is 0. The van der Waals surface area contributed by atoms with Crippen LogP contribution >= 0.6 is 0 Å². The van der Waals surface area contributed by atoms with Crippen molar-refractivity contribution in [2.75, 3.05) is 6.54 Å². The fraction of sp³-hybridized carbons (Fsp3) is 0.286. The third-order valence-corrected chi connectivity index (χ3v) is 5.17. The van der Waals surface area contributed by atoms with Gasteiger partial charge in [-0.1, -0.05) is 0 Å². The number of rotatable bonds is 5. The van der Waals surface area contributed by atoms with E-state index >= 15 is 0 Å². The van der Waals surface area contributed by atoms with Crippen LogP contribution in [0.1, 0.15) is 57.4 Å². The van der Waals surface area contributed by atoms with Crippen LogP contribution in [0.4, 0.5) is 0 Å². The summed E-state index contributed by atoms with van der Waals surface area (Å²) in [5.74, 6) is 0.395. The molecular formula is C21H22N6O2. The van der Waals surface area contributed by atoms with E-state index in [9.17, 15) is 9.59 Å². The van der Waals surface area contributed by atoms with Gasteiger partial charge in [0, 0.05) is 49.0 Å². The van der Waals surface area contributed by atoms with Crippen LogP contribution < -0.4 is 5.32 Å². The SMILES string of the molecule is CCNC(=O)c1nccc2c1CN(C(C)c1cnc(-n3cccn3)c(C)c1)C2=O. The molecule has 1 atom stereocenters. The molecule has 0 bridgehead atoms. The summed E-state index contributed by atoms with van der Waals surface area (Å²) in [6.07, 6.45) is 6.83. The molecule has 1 aliphatic rings. The first-order valence-electron chi connectivity index (χ1n) is 9.54. The monoisotopic (exact) mass is 390 g/mol. The highest BCUT2D eigenvalue weighted by molar-refractivity contribution is 6.03. The largest absolute Gasteiger partial charge is 0.351 e. The average molecular weight is 390 g/mol. The van der Waals surface area contributed by atoms with E-state index in [1.165, 1.54) is 6.20 Å². The predicted molar refractivity (Wildman–Crippen MR) is 107 cm³/mol. The first-order valence-corrected chi connectivity index (χ1v) is 9.54. The summed E-state index contributed by atoms with van der Waals surface area (Å²) >= 11 is 0. The van der Waals surface area contributed by atoms with Crippen molar-refractivity contribution in [3.63, 3.8) is 0 Å². The van der Waals surface area contributed by atoms with Crippen molar-refractivity contribution in [1.82, 2.24) is 30.0 Å². The zero-order chi connectivity index (χ0) is 20.5.